The number of hydrogen-bond donors (Lipinski definition) is 0. The lowest BCUT2D eigenvalue weighted by molar-refractivity contribution is -0.133. The molecule has 3 aromatic rings. The van der Waals surface area contributed by atoms with Crippen LogP contribution in [0.2, 0.25) is 0 Å². The third-order valence-electron chi connectivity index (χ3n) is 8.82. The number of anilines is 1. The van der Waals surface area contributed by atoms with Crippen molar-refractivity contribution in [2.45, 2.75) is 84.5 Å². The van der Waals surface area contributed by atoms with Gasteiger partial charge in [0.25, 0.3) is 0 Å². The van der Waals surface area contributed by atoms with Gasteiger partial charge in [0.2, 0.25) is 11.8 Å². The number of pyridine rings is 1. The SMILES string of the molecule is CC(=O)N1CCC2CCCC(CN(C(=O)CCc3c(C)nn(C)c3C)Cc3ccccc31)N2Cc1ccccn1. The molecule has 2 amide bonds. The van der Waals surface area contributed by atoms with Gasteiger partial charge in [-0.25, -0.2) is 0 Å². The molecule has 5 rings (SSSR count). The predicted molar refractivity (Wildman–Crippen MR) is 157 cm³/mol. The topological polar surface area (TPSA) is 74.6 Å². The van der Waals surface area contributed by atoms with E-state index < -0.39 is 0 Å². The van der Waals surface area contributed by atoms with Crippen molar-refractivity contribution in [3.8, 4) is 0 Å². The van der Waals surface area contributed by atoms with E-state index in [4.69, 9.17) is 0 Å². The fourth-order valence-corrected chi connectivity index (χ4v) is 6.58. The van der Waals surface area contributed by atoms with E-state index in [1.54, 1.807) is 6.92 Å². The average molecular weight is 543 g/mol. The van der Waals surface area contributed by atoms with Crippen molar-refractivity contribution in [3.05, 3.63) is 76.9 Å². The summed E-state index contributed by atoms with van der Waals surface area (Å²) >= 11 is 0. The summed E-state index contributed by atoms with van der Waals surface area (Å²) in [6, 6.07) is 14.7. The smallest absolute Gasteiger partial charge is 0.223 e. The fourth-order valence-electron chi connectivity index (χ4n) is 6.58. The minimum absolute atomic E-state index is 0.0377. The van der Waals surface area contributed by atoms with Crippen molar-refractivity contribution >= 4 is 17.5 Å². The molecular formula is C32H42N6O2. The molecule has 0 radical (unpaired) electrons. The largest absolute Gasteiger partial charge is 0.337 e. The van der Waals surface area contributed by atoms with Crippen LogP contribution in [-0.4, -0.2) is 61.6 Å². The first-order chi connectivity index (χ1) is 19.3. The van der Waals surface area contributed by atoms with Crippen molar-refractivity contribution < 1.29 is 9.59 Å². The standard InChI is InChI=1S/C32H42N6O2/c1-23-30(24(2)35(4)34-23)15-16-32(40)36-20-26-10-5-6-14-31(26)37(25(3)39)19-17-28-12-9-13-29(22-36)38(28)21-27-11-7-8-18-33-27/h5-8,10-11,14,18,28-29H,9,12-13,15-17,19-22H2,1-4H3. The zero-order chi connectivity index (χ0) is 28.2. The zero-order valence-corrected chi connectivity index (χ0v) is 24.3. The second-order valence-corrected chi connectivity index (χ2v) is 11.4. The van der Waals surface area contributed by atoms with E-state index in [9.17, 15) is 9.59 Å². The van der Waals surface area contributed by atoms with Crippen LogP contribution in [0, 0.1) is 13.8 Å². The monoisotopic (exact) mass is 542 g/mol. The van der Waals surface area contributed by atoms with Gasteiger partial charge in [-0.1, -0.05) is 30.7 Å². The Morgan fingerprint density at radius 1 is 1.00 bits per heavy atom. The Morgan fingerprint density at radius 3 is 2.50 bits per heavy atom. The highest BCUT2D eigenvalue weighted by Gasteiger charge is 2.34. The van der Waals surface area contributed by atoms with E-state index in [2.05, 4.69) is 34.0 Å². The van der Waals surface area contributed by atoms with Gasteiger partial charge in [0.1, 0.15) is 0 Å². The van der Waals surface area contributed by atoms with Crippen LogP contribution in [0.25, 0.3) is 0 Å². The van der Waals surface area contributed by atoms with Gasteiger partial charge in [0.15, 0.2) is 0 Å². The summed E-state index contributed by atoms with van der Waals surface area (Å²) in [6.07, 6.45) is 7.11. The Morgan fingerprint density at radius 2 is 1.77 bits per heavy atom. The van der Waals surface area contributed by atoms with Gasteiger partial charge < -0.3 is 9.80 Å². The molecule has 0 N–H and O–H groups in total. The lowest BCUT2D eigenvalue weighted by Crippen LogP contribution is -2.52. The van der Waals surface area contributed by atoms with E-state index in [-0.39, 0.29) is 17.9 Å². The molecule has 2 aliphatic heterocycles. The number of aryl methyl sites for hydroxylation is 2. The van der Waals surface area contributed by atoms with Crippen molar-refractivity contribution in [3.63, 3.8) is 0 Å². The van der Waals surface area contributed by atoms with Crippen LogP contribution in [0.5, 0.6) is 0 Å². The lowest BCUT2D eigenvalue weighted by Gasteiger charge is -2.44. The van der Waals surface area contributed by atoms with E-state index in [0.29, 0.717) is 38.5 Å². The number of nitrogens with zero attached hydrogens (tertiary/aromatic N) is 6. The average Bonchev–Trinajstić information content (AvgIpc) is 3.18. The summed E-state index contributed by atoms with van der Waals surface area (Å²) in [5.74, 6) is 0.182. The summed E-state index contributed by atoms with van der Waals surface area (Å²) in [6.45, 7) is 8.30. The molecule has 1 saturated heterocycles. The highest BCUT2D eigenvalue weighted by atomic mass is 16.2. The second kappa shape index (κ2) is 12.3. The van der Waals surface area contributed by atoms with Crippen LogP contribution < -0.4 is 4.90 Å². The molecule has 2 aliphatic rings. The number of amides is 2. The minimum atomic E-state index is 0.0377. The van der Waals surface area contributed by atoms with Gasteiger partial charge in [0.05, 0.1) is 11.4 Å². The Kier molecular flexibility index (Phi) is 8.64. The molecule has 2 bridgehead atoms. The number of piperidine rings is 1. The fraction of sp³-hybridized carbons (Fsp3) is 0.500. The van der Waals surface area contributed by atoms with Crippen LogP contribution in [-0.2, 0) is 36.1 Å². The van der Waals surface area contributed by atoms with E-state index in [0.717, 1.165) is 66.1 Å². The van der Waals surface area contributed by atoms with Crippen molar-refractivity contribution in [2.75, 3.05) is 18.0 Å². The first-order valence-corrected chi connectivity index (χ1v) is 14.6. The van der Waals surface area contributed by atoms with Gasteiger partial charge in [-0.2, -0.15) is 5.10 Å². The molecule has 0 saturated carbocycles. The van der Waals surface area contributed by atoms with Gasteiger partial charge >= 0.3 is 0 Å². The van der Waals surface area contributed by atoms with Crippen molar-refractivity contribution in [1.82, 2.24) is 24.6 Å². The molecule has 8 heteroatoms. The highest BCUT2D eigenvalue weighted by Crippen LogP contribution is 2.31. The van der Waals surface area contributed by atoms with Crippen LogP contribution in [0.3, 0.4) is 0 Å². The Hall–Kier alpha value is -3.52. The van der Waals surface area contributed by atoms with E-state index in [1.807, 2.05) is 65.0 Å². The molecule has 2 atom stereocenters. The summed E-state index contributed by atoms with van der Waals surface area (Å²) in [4.78, 5) is 38.1. The second-order valence-electron chi connectivity index (χ2n) is 11.4. The summed E-state index contributed by atoms with van der Waals surface area (Å²) in [7, 11) is 1.95. The van der Waals surface area contributed by atoms with Gasteiger partial charge in [0, 0.05) is 76.2 Å². The maximum Gasteiger partial charge on any atom is 0.223 e. The number of fused-ring (bicyclic) bond motifs is 3. The Labute approximate surface area is 238 Å². The van der Waals surface area contributed by atoms with Crippen LogP contribution in [0.1, 0.15) is 67.2 Å². The molecule has 1 fully saturated rings. The first kappa shape index (κ1) is 28.0. The molecular weight excluding hydrogens is 500 g/mol. The number of carbonyl (C=O) groups is 2. The highest BCUT2D eigenvalue weighted by molar-refractivity contribution is 5.92. The molecule has 4 heterocycles. The number of aromatic nitrogens is 3. The maximum absolute atomic E-state index is 14.0. The molecule has 2 unspecified atom stereocenters. The molecule has 0 aliphatic carbocycles. The Balaban J connectivity index is 1.48. The normalized spacial score (nSPS) is 20.1. The molecule has 8 nitrogen and oxygen atoms in total. The molecule has 1 aromatic carbocycles. The number of rotatable bonds is 5. The first-order valence-electron chi connectivity index (χ1n) is 14.6. The molecule has 40 heavy (non-hydrogen) atoms. The van der Waals surface area contributed by atoms with E-state index >= 15 is 0 Å². The Bertz CT molecular complexity index is 1340. The molecule has 2 aromatic heterocycles. The summed E-state index contributed by atoms with van der Waals surface area (Å²) in [5.41, 5.74) is 6.24. The lowest BCUT2D eigenvalue weighted by atomic mass is 9.92. The van der Waals surface area contributed by atoms with Gasteiger partial charge in [-0.05, 0) is 68.9 Å². The summed E-state index contributed by atoms with van der Waals surface area (Å²) in [5, 5.41) is 4.55. The molecule has 212 valence electrons. The third-order valence-corrected chi connectivity index (χ3v) is 8.82. The quantitative estimate of drug-likeness (QED) is 0.472. The van der Waals surface area contributed by atoms with Crippen LogP contribution in [0.15, 0.2) is 48.7 Å². The maximum atomic E-state index is 14.0. The van der Waals surface area contributed by atoms with E-state index in [1.165, 1.54) is 0 Å². The minimum Gasteiger partial charge on any atom is -0.337 e. The van der Waals surface area contributed by atoms with Gasteiger partial charge in [-0.3, -0.25) is 24.2 Å². The number of para-hydroxylation sites is 1. The predicted octanol–water partition coefficient (Wildman–Crippen LogP) is 4.57. The number of hydrogen-bond acceptors (Lipinski definition) is 5. The van der Waals surface area contributed by atoms with Crippen LogP contribution >= 0.6 is 0 Å². The molecule has 0 spiro atoms. The van der Waals surface area contributed by atoms with Crippen molar-refractivity contribution in [2.24, 2.45) is 7.05 Å². The number of benzene rings is 1. The summed E-state index contributed by atoms with van der Waals surface area (Å²) < 4.78 is 1.90. The van der Waals surface area contributed by atoms with Gasteiger partial charge in [-0.15, -0.1) is 0 Å². The van der Waals surface area contributed by atoms with Crippen molar-refractivity contribution in [1.29, 1.82) is 0 Å². The zero-order valence-electron chi connectivity index (χ0n) is 24.3. The third kappa shape index (κ3) is 6.12. The number of carbonyl (C=O) groups excluding carboxylic acids is 2. The van der Waals surface area contributed by atoms with Crippen LogP contribution in [0.4, 0.5) is 5.69 Å².